The number of thiazole rings is 1. The van der Waals surface area contributed by atoms with Crippen molar-refractivity contribution >= 4 is 26.9 Å². The van der Waals surface area contributed by atoms with Crippen LogP contribution >= 0.6 is 11.3 Å². The highest BCUT2D eigenvalue weighted by Crippen LogP contribution is 2.39. The number of rotatable bonds is 2. The fraction of sp³-hybridized carbons (Fsp3) is 0.400. The first-order chi connectivity index (χ1) is 14.0. The van der Waals surface area contributed by atoms with Gasteiger partial charge < -0.3 is 10.2 Å². The van der Waals surface area contributed by atoms with Crippen LogP contribution in [0.2, 0.25) is 0 Å². The van der Waals surface area contributed by atoms with Crippen molar-refractivity contribution in [2.75, 3.05) is 24.5 Å². The van der Waals surface area contributed by atoms with Crippen molar-refractivity contribution in [2.45, 2.75) is 32.2 Å². The summed E-state index contributed by atoms with van der Waals surface area (Å²) in [5.74, 6) is 0. The number of fused-ring (bicyclic) bond motifs is 2. The molecule has 1 saturated carbocycles. The molecule has 1 saturated heterocycles. The second kappa shape index (κ2) is 5.87. The second-order valence-electron chi connectivity index (χ2n) is 8.19. The third kappa shape index (κ3) is 2.76. The van der Waals surface area contributed by atoms with Crippen LogP contribution in [0, 0.1) is 13.8 Å². The van der Waals surface area contributed by atoms with Crippen LogP contribution in [0.1, 0.15) is 24.1 Å². The lowest BCUT2D eigenvalue weighted by molar-refractivity contribution is 0.443. The summed E-state index contributed by atoms with van der Waals surface area (Å²) >= 11 is 1.57. The Kier molecular flexibility index (Phi) is 3.46. The fourth-order valence-electron chi connectivity index (χ4n) is 4.17. The highest BCUT2D eigenvalue weighted by molar-refractivity contribution is 7.20. The van der Waals surface area contributed by atoms with Gasteiger partial charge in [-0.15, -0.1) is 0 Å². The van der Waals surface area contributed by atoms with Crippen LogP contribution in [0.5, 0.6) is 0 Å². The Labute approximate surface area is 170 Å². The Morgan fingerprint density at radius 1 is 1.14 bits per heavy atom. The average Bonchev–Trinajstić information content (AvgIpc) is 3.13. The van der Waals surface area contributed by atoms with Crippen LogP contribution in [-0.4, -0.2) is 49.2 Å². The first-order valence-electron chi connectivity index (χ1n) is 9.87. The van der Waals surface area contributed by atoms with E-state index in [0.717, 1.165) is 41.5 Å². The van der Waals surface area contributed by atoms with Gasteiger partial charge in [0, 0.05) is 37.4 Å². The molecule has 0 radical (unpaired) electrons. The van der Waals surface area contributed by atoms with E-state index in [1.54, 1.807) is 26.3 Å². The van der Waals surface area contributed by atoms with E-state index in [9.17, 15) is 4.79 Å². The summed E-state index contributed by atoms with van der Waals surface area (Å²) in [4.78, 5) is 25.2. The molecule has 0 unspecified atom stereocenters. The Bertz CT molecular complexity index is 1330. The largest absolute Gasteiger partial charge is 0.359 e. The number of imidazole rings is 1. The number of nitrogens with zero attached hydrogens (tertiary/aromatic N) is 6. The predicted molar refractivity (Wildman–Crippen MR) is 113 cm³/mol. The van der Waals surface area contributed by atoms with Gasteiger partial charge in [0.25, 0.3) is 5.56 Å². The van der Waals surface area contributed by atoms with Gasteiger partial charge in [0.05, 0.1) is 17.6 Å². The number of nitrogens with one attached hydrogen (secondary N) is 1. The van der Waals surface area contributed by atoms with Gasteiger partial charge in [-0.05, 0) is 38.3 Å². The summed E-state index contributed by atoms with van der Waals surface area (Å²) < 4.78 is 3.41. The molecule has 29 heavy (non-hydrogen) atoms. The Hall–Kier alpha value is -2.78. The van der Waals surface area contributed by atoms with Crippen molar-refractivity contribution in [3.8, 4) is 11.4 Å². The van der Waals surface area contributed by atoms with Gasteiger partial charge >= 0.3 is 0 Å². The standard InChI is InChI=1S/C20H21N7OS/c1-12-7-15(24-27-9-13(2)22-18(12)27)14-8-16(28)26-10-17(29-19(26)23-14)25-6-5-21-20(11-25)3-4-20/h7-10,21H,3-6,11H2,1-2H3. The minimum atomic E-state index is -0.0786. The molecule has 148 valence electrons. The maximum absolute atomic E-state index is 12.8. The zero-order valence-corrected chi connectivity index (χ0v) is 17.2. The third-order valence-electron chi connectivity index (χ3n) is 5.89. The van der Waals surface area contributed by atoms with E-state index in [0.29, 0.717) is 16.3 Å². The molecule has 2 fully saturated rings. The maximum Gasteiger partial charge on any atom is 0.259 e. The Balaban J connectivity index is 1.43. The number of aryl methyl sites for hydroxylation is 2. The van der Waals surface area contributed by atoms with Crippen LogP contribution in [0.4, 0.5) is 5.00 Å². The van der Waals surface area contributed by atoms with Gasteiger partial charge in [0.2, 0.25) is 0 Å². The highest BCUT2D eigenvalue weighted by atomic mass is 32.1. The fourth-order valence-corrected chi connectivity index (χ4v) is 5.18. The van der Waals surface area contributed by atoms with E-state index in [4.69, 9.17) is 4.98 Å². The Morgan fingerprint density at radius 2 is 2.00 bits per heavy atom. The van der Waals surface area contributed by atoms with Crippen LogP contribution in [0.25, 0.3) is 22.0 Å². The molecule has 2 aliphatic rings. The predicted octanol–water partition coefficient (Wildman–Crippen LogP) is 2.02. The summed E-state index contributed by atoms with van der Waals surface area (Å²) in [5.41, 5.74) is 4.23. The van der Waals surface area contributed by atoms with Gasteiger partial charge in [-0.1, -0.05) is 11.3 Å². The topological polar surface area (TPSA) is 79.8 Å². The van der Waals surface area contributed by atoms with Crippen molar-refractivity contribution in [3.63, 3.8) is 0 Å². The van der Waals surface area contributed by atoms with Crippen LogP contribution in [-0.2, 0) is 0 Å². The van der Waals surface area contributed by atoms with Gasteiger partial charge in [0.1, 0.15) is 10.7 Å². The lowest BCUT2D eigenvalue weighted by Crippen LogP contribution is -2.52. The molecular weight excluding hydrogens is 386 g/mol. The molecule has 1 N–H and O–H groups in total. The average molecular weight is 408 g/mol. The van der Waals surface area contributed by atoms with E-state index in [1.807, 2.05) is 32.3 Å². The van der Waals surface area contributed by atoms with E-state index >= 15 is 0 Å². The second-order valence-corrected chi connectivity index (χ2v) is 9.18. The number of hydrogen-bond acceptors (Lipinski definition) is 7. The molecule has 0 amide bonds. The molecule has 0 atom stereocenters. The summed E-state index contributed by atoms with van der Waals surface area (Å²) in [7, 11) is 0. The molecule has 0 bridgehead atoms. The summed E-state index contributed by atoms with van der Waals surface area (Å²) in [6.45, 7) is 6.88. The first-order valence-corrected chi connectivity index (χ1v) is 10.7. The van der Waals surface area contributed by atoms with Crippen molar-refractivity contribution in [2.24, 2.45) is 0 Å². The Morgan fingerprint density at radius 3 is 2.83 bits per heavy atom. The molecule has 6 rings (SSSR count). The van der Waals surface area contributed by atoms with Gasteiger partial charge in [-0.3, -0.25) is 9.20 Å². The van der Waals surface area contributed by atoms with Crippen LogP contribution in [0.3, 0.4) is 0 Å². The van der Waals surface area contributed by atoms with Crippen molar-refractivity contribution in [3.05, 3.63) is 46.1 Å². The number of piperazine rings is 1. The quantitative estimate of drug-likeness (QED) is 0.548. The number of hydrogen-bond donors (Lipinski definition) is 1. The van der Waals surface area contributed by atoms with Crippen LogP contribution in [0.15, 0.2) is 29.3 Å². The zero-order chi connectivity index (χ0) is 19.8. The van der Waals surface area contributed by atoms with Crippen molar-refractivity contribution in [1.82, 2.24) is 29.3 Å². The van der Waals surface area contributed by atoms with Gasteiger partial charge in [-0.2, -0.15) is 5.10 Å². The monoisotopic (exact) mass is 407 g/mol. The van der Waals surface area contributed by atoms with Crippen molar-refractivity contribution in [1.29, 1.82) is 0 Å². The molecule has 8 nitrogen and oxygen atoms in total. The van der Waals surface area contributed by atoms with E-state index in [-0.39, 0.29) is 11.1 Å². The molecule has 1 aliphatic heterocycles. The first kappa shape index (κ1) is 17.1. The SMILES string of the molecule is Cc1cn2nc(-c3cc(=O)n4cc(N5CCNC6(CC6)C5)sc4n3)cc(C)c2n1. The lowest BCUT2D eigenvalue weighted by Gasteiger charge is -2.34. The van der Waals surface area contributed by atoms with E-state index in [2.05, 4.69) is 20.3 Å². The highest BCUT2D eigenvalue weighted by Gasteiger charge is 2.45. The van der Waals surface area contributed by atoms with E-state index in [1.165, 1.54) is 12.8 Å². The number of aromatic nitrogens is 5. The third-order valence-corrected chi connectivity index (χ3v) is 6.93. The molecule has 1 aliphatic carbocycles. The van der Waals surface area contributed by atoms with Crippen LogP contribution < -0.4 is 15.8 Å². The molecule has 0 aromatic carbocycles. The molecule has 9 heteroatoms. The normalized spacial score (nSPS) is 18.2. The minimum absolute atomic E-state index is 0.0786. The molecule has 1 spiro atoms. The summed E-state index contributed by atoms with van der Waals surface area (Å²) in [5, 5.41) is 9.36. The molecule has 5 heterocycles. The van der Waals surface area contributed by atoms with Gasteiger partial charge in [0.15, 0.2) is 10.6 Å². The van der Waals surface area contributed by atoms with E-state index < -0.39 is 0 Å². The maximum atomic E-state index is 12.8. The smallest absolute Gasteiger partial charge is 0.259 e. The molecule has 4 aromatic heterocycles. The zero-order valence-electron chi connectivity index (χ0n) is 16.3. The summed E-state index contributed by atoms with van der Waals surface area (Å²) in [6.07, 6.45) is 6.29. The van der Waals surface area contributed by atoms with Gasteiger partial charge in [-0.25, -0.2) is 14.5 Å². The van der Waals surface area contributed by atoms with Crippen molar-refractivity contribution < 1.29 is 0 Å². The number of anilines is 1. The lowest BCUT2D eigenvalue weighted by atomic mass is 10.2. The summed E-state index contributed by atoms with van der Waals surface area (Å²) in [6, 6.07) is 3.52. The molecule has 4 aromatic rings. The minimum Gasteiger partial charge on any atom is -0.359 e. The molecular formula is C20H21N7OS.